The maximum Gasteiger partial charge on any atom is -1.00 e. The molecular weight excluding hydrogens is 443 g/mol. The summed E-state index contributed by atoms with van der Waals surface area (Å²) in [5.74, 6) is 0.675. The van der Waals surface area contributed by atoms with Crippen molar-refractivity contribution in [1.82, 2.24) is 4.98 Å². The van der Waals surface area contributed by atoms with Gasteiger partial charge in [-0.2, -0.15) is 0 Å². The van der Waals surface area contributed by atoms with E-state index in [2.05, 4.69) is 23.2 Å². The molecule has 1 aliphatic carbocycles. The van der Waals surface area contributed by atoms with Gasteiger partial charge >= 0.3 is 140 Å². The van der Waals surface area contributed by atoms with Crippen LogP contribution in [0.25, 0.3) is 10.9 Å². The Bertz CT molecular complexity index is 746. The zero-order valence-electron chi connectivity index (χ0n) is 11.5. The number of allylic oxidation sites excluding steroid dienone is 4. The van der Waals surface area contributed by atoms with Gasteiger partial charge < -0.3 is 24.8 Å². The van der Waals surface area contributed by atoms with Gasteiger partial charge in [0.25, 0.3) is 0 Å². The Labute approximate surface area is 163 Å². The number of hydrogen-bond acceptors (Lipinski definition) is 2. The summed E-state index contributed by atoms with van der Waals surface area (Å²) < 4.78 is 7.44. The average molecular weight is 454 g/mol. The third kappa shape index (κ3) is 4.27. The minimum absolute atomic E-state index is 0. The normalized spacial score (nSPS) is 12.2. The minimum Gasteiger partial charge on any atom is -1.00 e. The Morgan fingerprint density at radius 1 is 1.18 bits per heavy atom. The van der Waals surface area contributed by atoms with Gasteiger partial charge in [0.2, 0.25) is 0 Å². The predicted molar refractivity (Wildman–Crippen MR) is 79.0 cm³/mol. The van der Waals surface area contributed by atoms with E-state index in [0.717, 1.165) is 23.0 Å². The zero-order valence-corrected chi connectivity index (χ0v) is 17.0. The molecule has 3 rings (SSSR count). The number of halogens is 4. The monoisotopic (exact) mass is 451 g/mol. The molecule has 0 atom stereocenters. The summed E-state index contributed by atoms with van der Waals surface area (Å²) in [5.41, 5.74) is 1.68. The molecule has 0 N–H and O–H groups in total. The Morgan fingerprint density at radius 2 is 1.95 bits per heavy atom. The number of aryl methyl sites for hydroxylation is 1. The van der Waals surface area contributed by atoms with E-state index < -0.39 is 23.7 Å². The first-order valence-corrected chi connectivity index (χ1v) is 9.18. The van der Waals surface area contributed by atoms with Gasteiger partial charge in [-0.15, -0.1) is 0 Å². The van der Waals surface area contributed by atoms with E-state index in [9.17, 15) is 0 Å². The van der Waals surface area contributed by atoms with Crippen molar-refractivity contribution in [1.29, 1.82) is 0 Å². The number of hydrogen-bond donors (Lipinski definition) is 0. The van der Waals surface area contributed by atoms with Crippen LogP contribution >= 0.6 is 23.2 Å². The number of rotatable bonds is 3. The van der Waals surface area contributed by atoms with Gasteiger partial charge in [-0.25, -0.2) is 0 Å². The molecule has 0 aliphatic heterocycles. The van der Waals surface area contributed by atoms with Crippen molar-refractivity contribution in [3.63, 3.8) is 0 Å². The molecule has 1 heterocycles. The summed E-state index contributed by atoms with van der Waals surface area (Å²) >= 11 is 11.4. The number of fused-ring (bicyclic) bond motifs is 1. The minimum atomic E-state index is -1.11. The molecule has 2 aromatic rings. The summed E-state index contributed by atoms with van der Waals surface area (Å²) in [7, 11) is 0. The molecule has 114 valence electrons. The van der Waals surface area contributed by atoms with Crippen LogP contribution in [0.1, 0.15) is 12.1 Å². The quantitative estimate of drug-likeness (QED) is 0.599. The fourth-order valence-electron chi connectivity index (χ4n) is 2.03. The van der Waals surface area contributed by atoms with E-state index in [0.29, 0.717) is 15.8 Å². The smallest absolute Gasteiger partial charge is 1.00 e. The summed E-state index contributed by atoms with van der Waals surface area (Å²) in [6, 6.07) is 5.64. The first kappa shape index (κ1) is 20.0. The third-order valence-electron chi connectivity index (χ3n) is 3.03. The van der Waals surface area contributed by atoms with Crippen molar-refractivity contribution in [3.05, 3.63) is 55.4 Å². The fourth-order valence-corrected chi connectivity index (χ4v) is 4.72. The SMILES string of the molecule is Cc1ccc2c(Cl)cc(Cl)c([O][Zr+2][C]3=CC=CC3)c2n1.[Cl-].[Cl-]. The van der Waals surface area contributed by atoms with Gasteiger partial charge in [-0.05, 0) is 0 Å². The van der Waals surface area contributed by atoms with E-state index in [4.69, 9.17) is 26.0 Å². The zero-order chi connectivity index (χ0) is 14.1. The molecule has 0 saturated carbocycles. The van der Waals surface area contributed by atoms with E-state index in [1.54, 1.807) is 6.07 Å². The predicted octanol–water partition coefficient (Wildman–Crippen LogP) is -0.922. The first-order valence-electron chi connectivity index (χ1n) is 6.19. The van der Waals surface area contributed by atoms with Crippen LogP contribution in [0.3, 0.4) is 0 Å². The Kier molecular flexibility index (Phi) is 7.91. The van der Waals surface area contributed by atoms with E-state index in [1.165, 1.54) is 3.28 Å². The Hall–Kier alpha value is -0.0469. The fraction of sp³-hybridized carbons (Fsp3) is 0.133. The van der Waals surface area contributed by atoms with Crippen LogP contribution in [0.2, 0.25) is 10.0 Å². The Morgan fingerprint density at radius 3 is 2.64 bits per heavy atom. The van der Waals surface area contributed by atoms with Crippen molar-refractivity contribution in [3.8, 4) is 5.75 Å². The van der Waals surface area contributed by atoms with Gasteiger partial charge in [0, 0.05) is 0 Å². The number of aromatic nitrogens is 1. The van der Waals surface area contributed by atoms with Crippen LogP contribution in [-0.4, -0.2) is 4.98 Å². The molecule has 1 aliphatic rings. The second-order valence-electron chi connectivity index (χ2n) is 4.55. The molecule has 1 aromatic heterocycles. The second-order valence-corrected chi connectivity index (χ2v) is 7.94. The third-order valence-corrected chi connectivity index (χ3v) is 5.93. The molecule has 1 aromatic carbocycles. The molecule has 0 unspecified atom stereocenters. The summed E-state index contributed by atoms with van der Waals surface area (Å²) in [6.45, 7) is 1.95. The van der Waals surface area contributed by atoms with Crippen molar-refractivity contribution >= 4 is 34.1 Å². The van der Waals surface area contributed by atoms with Crippen LogP contribution in [0.5, 0.6) is 5.75 Å². The van der Waals surface area contributed by atoms with Crippen LogP contribution in [0.15, 0.2) is 39.7 Å². The van der Waals surface area contributed by atoms with Gasteiger partial charge in [0.15, 0.2) is 0 Å². The number of nitrogens with zero attached hydrogens (tertiary/aromatic N) is 1. The van der Waals surface area contributed by atoms with Gasteiger partial charge in [0.05, 0.1) is 0 Å². The van der Waals surface area contributed by atoms with Gasteiger partial charge in [0.1, 0.15) is 0 Å². The first-order chi connectivity index (χ1) is 9.65. The van der Waals surface area contributed by atoms with Crippen molar-refractivity contribution in [2.24, 2.45) is 0 Å². The van der Waals surface area contributed by atoms with Crippen LogP contribution in [0, 0.1) is 6.92 Å². The van der Waals surface area contributed by atoms with Crippen molar-refractivity contribution in [2.75, 3.05) is 0 Å². The molecule has 0 bridgehead atoms. The molecular formula is C15H11Cl4NOZr. The van der Waals surface area contributed by atoms with Crippen molar-refractivity contribution < 1.29 is 51.3 Å². The number of pyridine rings is 1. The summed E-state index contributed by atoms with van der Waals surface area (Å²) in [5, 5.41) is 2.03. The molecule has 7 heteroatoms. The molecule has 0 radical (unpaired) electrons. The van der Waals surface area contributed by atoms with E-state index >= 15 is 0 Å². The van der Waals surface area contributed by atoms with Crippen LogP contribution in [0.4, 0.5) is 0 Å². The maximum atomic E-state index is 6.29. The molecule has 0 amide bonds. The largest absolute Gasteiger partial charge is 1.00 e. The summed E-state index contributed by atoms with van der Waals surface area (Å²) in [6.07, 6.45) is 7.35. The molecule has 0 saturated heterocycles. The molecule has 0 fully saturated rings. The van der Waals surface area contributed by atoms with Gasteiger partial charge in [-0.3, -0.25) is 0 Å². The van der Waals surface area contributed by atoms with Crippen molar-refractivity contribution in [2.45, 2.75) is 13.3 Å². The maximum absolute atomic E-state index is 6.29. The topological polar surface area (TPSA) is 22.1 Å². The van der Waals surface area contributed by atoms with Crippen LogP contribution < -0.4 is 27.6 Å². The average Bonchev–Trinajstić information content (AvgIpc) is 2.91. The number of benzene rings is 1. The van der Waals surface area contributed by atoms with E-state index in [-0.39, 0.29) is 24.8 Å². The van der Waals surface area contributed by atoms with E-state index in [1.807, 2.05) is 19.1 Å². The Balaban J connectivity index is 0.00000121. The summed E-state index contributed by atoms with van der Waals surface area (Å²) in [4.78, 5) is 4.54. The van der Waals surface area contributed by atoms with Crippen LogP contribution in [-0.2, 0) is 23.7 Å². The standard InChI is InChI=1S/C10H7Cl2NO.C5H5.2ClH.Zr/c1-5-2-3-6-7(11)4-8(12)10(14)9(6)13-5;1-2-4-5-3-1;;;/h2-4,14H,1H3;1-3H,4H2;2*1H;/q;;;;+3/p-3. The van der Waals surface area contributed by atoms with Gasteiger partial charge in [-0.1, -0.05) is 0 Å². The molecule has 0 spiro atoms. The second kappa shape index (κ2) is 8.71. The molecule has 22 heavy (non-hydrogen) atoms. The molecule has 2 nitrogen and oxygen atoms in total.